The van der Waals surface area contributed by atoms with Gasteiger partial charge in [0, 0.05) is 6.04 Å². The first-order valence-corrected chi connectivity index (χ1v) is 6.08. The largest absolute Gasteiger partial charge is 0.338 e. The van der Waals surface area contributed by atoms with Gasteiger partial charge in [0.2, 0.25) is 5.89 Å². The number of aryl methyl sites for hydroxylation is 1. The summed E-state index contributed by atoms with van der Waals surface area (Å²) in [5, 5.41) is 7.27. The second kappa shape index (κ2) is 4.53. The molecule has 90 valence electrons. The molecule has 1 aliphatic rings. The monoisotopic (exact) mass is 223 g/mol. The maximum atomic E-state index is 5.07. The second-order valence-corrected chi connectivity index (χ2v) is 5.55. The predicted octanol–water partition coefficient (Wildman–Crippen LogP) is 2.44. The van der Waals surface area contributed by atoms with E-state index in [9.17, 15) is 0 Å². The number of hydrogen-bond acceptors (Lipinski definition) is 4. The molecule has 1 N–H and O–H groups in total. The van der Waals surface area contributed by atoms with Gasteiger partial charge in [-0.05, 0) is 38.0 Å². The molecule has 0 atom stereocenters. The highest BCUT2D eigenvalue weighted by Gasteiger charge is 2.26. The highest BCUT2D eigenvalue weighted by Crippen LogP contribution is 2.34. The van der Waals surface area contributed by atoms with Crippen LogP contribution in [0.3, 0.4) is 0 Å². The van der Waals surface area contributed by atoms with Crippen LogP contribution in [0.4, 0.5) is 0 Å². The van der Waals surface area contributed by atoms with Gasteiger partial charge in [-0.15, -0.1) is 0 Å². The summed E-state index contributed by atoms with van der Waals surface area (Å²) in [6.07, 6.45) is 5.10. The van der Waals surface area contributed by atoms with Crippen LogP contribution in [0.5, 0.6) is 0 Å². The van der Waals surface area contributed by atoms with E-state index in [1.54, 1.807) is 0 Å². The highest BCUT2D eigenvalue weighted by atomic mass is 16.5. The molecule has 0 bridgehead atoms. The van der Waals surface area contributed by atoms with Gasteiger partial charge in [0.15, 0.2) is 5.82 Å². The summed E-state index contributed by atoms with van der Waals surface area (Å²) in [5.74, 6) is 1.41. The van der Waals surface area contributed by atoms with E-state index in [1.165, 1.54) is 25.7 Å². The van der Waals surface area contributed by atoms with Crippen molar-refractivity contribution in [2.45, 2.75) is 59.0 Å². The van der Waals surface area contributed by atoms with Crippen LogP contribution in [0.15, 0.2) is 4.52 Å². The van der Waals surface area contributed by atoms with Gasteiger partial charge in [-0.2, -0.15) is 4.98 Å². The Kier molecular flexibility index (Phi) is 3.28. The van der Waals surface area contributed by atoms with Crippen LogP contribution in [0.1, 0.15) is 51.2 Å². The minimum Gasteiger partial charge on any atom is -0.338 e. The summed E-state index contributed by atoms with van der Waals surface area (Å²) >= 11 is 0. The Labute approximate surface area is 96.8 Å². The van der Waals surface area contributed by atoms with Gasteiger partial charge in [0.1, 0.15) is 0 Å². The minimum absolute atomic E-state index is 0.527. The quantitative estimate of drug-likeness (QED) is 0.855. The van der Waals surface area contributed by atoms with Crippen molar-refractivity contribution in [3.05, 3.63) is 11.7 Å². The molecule has 0 saturated heterocycles. The van der Waals surface area contributed by atoms with Crippen LogP contribution < -0.4 is 5.32 Å². The van der Waals surface area contributed by atoms with E-state index in [-0.39, 0.29) is 0 Å². The summed E-state index contributed by atoms with van der Waals surface area (Å²) in [6.45, 7) is 7.25. The predicted molar refractivity (Wildman–Crippen MR) is 61.9 cm³/mol. The second-order valence-electron chi connectivity index (χ2n) is 5.55. The molecule has 16 heavy (non-hydrogen) atoms. The lowest BCUT2D eigenvalue weighted by atomic mass is 9.75. The molecular weight excluding hydrogens is 202 g/mol. The average Bonchev–Trinajstić information content (AvgIpc) is 2.63. The highest BCUT2D eigenvalue weighted by molar-refractivity contribution is 4.86. The zero-order valence-electron chi connectivity index (χ0n) is 10.4. The van der Waals surface area contributed by atoms with Crippen LogP contribution >= 0.6 is 0 Å². The van der Waals surface area contributed by atoms with Gasteiger partial charge in [-0.3, -0.25) is 0 Å². The Morgan fingerprint density at radius 2 is 2.06 bits per heavy atom. The first-order chi connectivity index (χ1) is 7.55. The number of nitrogens with zero attached hydrogens (tertiary/aromatic N) is 2. The molecule has 1 heterocycles. The smallest absolute Gasteiger partial charge is 0.240 e. The molecule has 0 aromatic carbocycles. The minimum atomic E-state index is 0.527. The van der Waals surface area contributed by atoms with E-state index in [0.29, 0.717) is 29.7 Å². The van der Waals surface area contributed by atoms with E-state index in [0.717, 1.165) is 0 Å². The van der Waals surface area contributed by atoms with E-state index < -0.39 is 0 Å². The van der Waals surface area contributed by atoms with Gasteiger partial charge in [0.25, 0.3) is 0 Å². The van der Waals surface area contributed by atoms with Crippen molar-refractivity contribution in [3.8, 4) is 0 Å². The Bertz CT molecular complexity index is 336. The lowest BCUT2D eigenvalue weighted by Gasteiger charge is -2.34. The van der Waals surface area contributed by atoms with Crippen molar-refractivity contribution < 1.29 is 4.52 Å². The summed E-state index contributed by atoms with van der Waals surface area (Å²) < 4.78 is 5.07. The third-order valence-corrected chi connectivity index (χ3v) is 3.45. The Hall–Kier alpha value is -0.900. The van der Waals surface area contributed by atoms with E-state index in [1.807, 2.05) is 6.92 Å². The normalized spacial score (nSPS) is 21.2. The van der Waals surface area contributed by atoms with Crippen LogP contribution in [0.2, 0.25) is 0 Å². The number of hydrogen-bond donors (Lipinski definition) is 1. The fraction of sp³-hybridized carbons (Fsp3) is 0.833. The van der Waals surface area contributed by atoms with Crippen LogP contribution in [-0.4, -0.2) is 16.2 Å². The van der Waals surface area contributed by atoms with Crippen LogP contribution in [0.25, 0.3) is 0 Å². The van der Waals surface area contributed by atoms with Crippen molar-refractivity contribution in [1.29, 1.82) is 0 Å². The van der Waals surface area contributed by atoms with E-state index >= 15 is 0 Å². The van der Waals surface area contributed by atoms with Gasteiger partial charge in [0.05, 0.1) is 6.54 Å². The SMILES string of the molecule is Cc1noc(CNC2CCC(C)(C)CC2)n1. The zero-order chi connectivity index (χ0) is 11.6. The maximum Gasteiger partial charge on any atom is 0.240 e. The molecule has 0 radical (unpaired) electrons. The van der Waals surface area contributed by atoms with Crippen molar-refractivity contribution in [1.82, 2.24) is 15.5 Å². The van der Waals surface area contributed by atoms with Crippen LogP contribution in [0, 0.1) is 12.3 Å². The van der Waals surface area contributed by atoms with Gasteiger partial charge in [-0.1, -0.05) is 19.0 Å². The molecule has 0 unspecified atom stereocenters. The topological polar surface area (TPSA) is 51.0 Å². The maximum absolute atomic E-state index is 5.07. The standard InChI is InChI=1S/C12H21N3O/c1-9-14-11(16-15-9)8-13-10-4-6-12(2,3)7-5-10/h10,13H,4-8H2,1-3H3. The first kappa shape index (κ1) is 11.6. The first-order valence-electron chi connectivity index (χ1n) is 6.08. The molecule has 0 spiro atoms. The van der Waals surface area contributed by atoms with Crippen LogP contribution in [-0.2, 0) is 6.54 Å². The molecule has 1 fully saturated rings. The number of nitrogens with one attached hydrogen (secondary N) is 1. The van der Waals surface area contributed by atoms with Gasteiger partial charge in [-0.25, -0.2) is 0 Å². The lowest BCUT2D eigenvalue weighted by molar-refractivity contribution is 0.202. The van der Waals surface area contributed by atoms with Gasteiger partial charge >= 0.3 is 0 Å². The molecule has 0 aliphatic heterocycles. The molecule has 4 nitrogen and oxygen atoms in total. The van der Waals surface area contributed by atoms with Crippen molar-refractivity contribution in [2.24, 2.45) is 5.41 Å². The number of rotatable bonds is 3. The fourth-order valence-corrected chi connectivity index (χ4v) is 2.25. The van der Waals surface area contributed by atoms with Gasteiger partial charge < -0.3 is 9.84 Å². The third-order valence-electron chi connectivity index (χ3n) is 3.45. The molecule has 1 aliphatic carbocycles. The van der Waals surface area contributed by atoms with Crippen molar-refractivity contribution >= 4 is 0 Å². The van der Waals surface area contributed by atoms with E-state index in [2.05, 4.69) is 29.3 Å². The Balaban J connectivity index is 1.75. The molecule has 1 saturated carbocycles. The average molecular weight is 223 g/mol. The zero-order valence-corrected chi connectivity index (χ0v) is 10.4. The molecule has 4 heteroatoms. The molecule has 1 aromatic rings. The Morgan fingerprint density at radius 3 is 2.62 bits per heavy atom. The number of aromatic nitrogens is 2. The van der Waals surface area contributed by atoms with E-state index in [4.69, 9.17) is 4.52 Å². The summed E-state index contributed by atoms with van der Waals surface area (Å²) in [4.78, 5) is 4.18. The summed E-state index contributed by atoms with van der Waals surface area (Å²) in [5.41, 5.74) is 0.527. The molecule has 2 rings (SSSR count). The lowest BCUT2D eigenvalue weighted by Crippen LogP contribution is -2.35. The molecule has 1 aromatic heterocycles. The fourth-order valence-electron chi connectivity index (χ4n) is 2.25. The summed E-state index contributed by atoms with van der Waals surface area (Å²) in [7, 11) is 0. The Morgan fingerprint density at radius 1 is 1.38 bits per heavy atom. The van der Waals surface area contributed by atoms with Crippen molar-refractivity contribution in [3.63, 3.8) is 0 Å². The molecule has 0 amide bonds. The molecular formula is C12H21N3O. The van der Waals surface area contributed by atoms with Crippen molar-refractivity contribution in [2.75, 3.05) is 0 Å². The third kappa shape index (κ3) is 3.04. The summed E-state index contributed by atoms with van der Waals surface area (Å²) in [6, 6.07) is 0.611.